The molecule has 0 fully saturated rings. The molecule has 0 aliphatic carbocycles. The third kappa shape index (κ3) is 4.72. The second kappa shape index (κ2) is 7.60. The van der Waals surface area contributed by atoms with Crippen molar-refractivity contribution in [1.29, 1.82) is 0 Å². The third-order valence-corrected chi connectivity index (χ3v) is 3.07. The number of hydrogen-bond donors (Lipinski definition) is 0. The van der Waals surface area contributed by atoms with E-state index in [4.69, 9.17) is 25.8 Å². The van der Waals surface area contributed by atoms with Gasteiger partial charge < -0.3 is 14.2 Å². The first kappa shape index (κ1) is 15.3. The van der Waals surface area contributed by atoms with Gasteiger partial charge in [-0.1, -0.05) is 23.7 Å². The van der Waals surface area contributed by atoms with E-state index in [1.807, 2.05) is 42.5 Å². The second-order valence-corrected chi connectivity index (χ2v) is 4.83. The maximum atomic E-state index is 6.08. The molecule has 0 aliphatic rings. The molecule has 0 amide bonds. The van der Waals surface area contributed by atoms with E-state index in [2.05, 4.69) is 0 Å². The lowest BCUT2D eigenvalue weighted by molar-refractivity contribution is 0.306. The van der Waals surface area contributed by atoms with Crippen LogP contribution in [0.15, 0.2) is 48.7 Å². The number of methoxy groups -OCH3 is 2. The lowest BCUT2D eigenvalue weighted by Crippen LogP contribution is -1.96. The van der Waals surface area contributed by atoms with Crippen LogP contribution in [0.3, 0.4) is 0 Å². The Labute approximate surface area is 129 Å². The Morgan fingerprint density at radius 1 is 1.00 bits per heavy atom. The maximum absolute atomic E-state index is 6.08. The summed E-state index contributed by atoms with van der Waals surface area (Å²) in [7, 11) is 3.24. The molecule has 0 aliphatic heterocycles. The fourth-order valence-corrected chi connectivity index (χ4v) is 2.03. The first-order chi connectivity index (χ1) is 10.2. The molecule has 0 atom stereocenters. The molecular formula is C17H17ClO3. The molecule has 0 saturated heterocycles. The molecule has 0 spiro atoms. The van der Waals surface area contributed by atoms with E-state index in [1.165, 1.54) is 0 Å². The quantitative estimate of drug-likeness (QED) is 0.733. The number of rotatable bonds is 6. The number of halogens is 1. The van der Waals surface area contributed by atoms with Gasteiger partial charge in [-0.2, -0.15) is 0 Å². The Hall–Kier alpha value is -2.13. The molecule has 4 heteroatoms. The van der Waals surface area contributed by atoms with Crippen molar-refractivity contribution < 1.29 is 14.2 Å². The molecular weight excluding hydrogens is 288 g/mol. The van der Waals surface area contributed by atoms with Crippen LogP contribution >= 0.6 is 11.6 Å². The molecule has 0 bridgehead atoms. The zero-order valence-corrected chi connectivity index (χ0v) is 12.8. The largest absolute Gasteiger partial charge is 0.504 e. The second-order valence-electron chi connectivity index (χ2n) is 4.40. The van der Waals surface area contributed by atoms with Crippen LogP contribution in [0.1, 0.15) is 11.1 Å². The number of hydrogen-bond acceptors (Lipinski definition) is 3. The van der Waals surface area contributed by atoms with Crippen molar-refractivity contribution in [3.8, 4) is 11.5 Å². The monoisotopic (exact) mass is 304 g/mol. The Morgan fingerprint density at radius 3 is 2.43 bits per heavy atom. The summed E-state index contributed by atoms with van der Waals surface area (Å²) < 4.78 is 15.8. The minimum atomic E-state index is 0.470. The fraction of sp³-hybridized carbons (Fsp3) is 0.176. The van der Waals surface area contributed by atoms with Crippen LogP contribution in [0.5, 0.6) is 11.5 Å². The highest BCUT2D eigenvalue weighted by Gasteiger charge is 2.01. The van der Waals surface area contributed by atoms with E-state index in [1.54, 1.807) is 26.5 Å². The average Bonchev–Trinajstić information content (AvgIpc) is 2.51. The summed E-state index contributed by atoms with van der Waals surface area (Å²) in [6.07, 6.45) is 3.42. The summed E-state index contributed by atoms with van der Waals surface area (Å²) in [6.45, 7) is 0.470. The summed E-state index contributed by atoms with van der Waals surface area (Å²) in [5, 5.41) is 0.623. The van der Waals surface area contributed by atoms with Crippen LogP contribution in [0.25, 0.3) is 6.08 Å². The molecule has 110 valence electrons. The molecule has 0 aromatic heterocycles. The van der Waals surface area contributed by atoms with Crippen molar-refractivity contribution in [2.45, 2.75) is 6.61 Å². The van der Waals surface area contributed by atoms with Gasteiger partial charge in [-0.15, -0.1) is 0 Å². The molecule has 0 unspecified atom stereocenters. The van der Waals surface area contributed by atoms with E-state index in [9.17, 15) is 0 Å². The Bertz CT molecular complexity index is 606. The molecule has 21 heavy (non-hydrogen) atoms. The molecule has 0 radical (unpaired) electrons. The van der Waals surface area contributed by atoms with Crippen LogP contribution in [-0.4, -0.2) is 14.2 Å². The van der Waals surface area contributed by atoms with Crippen LogP contribution in [0.2, 0.25) is 5.02 Å². The Balaban J connectivity index is 2.04. The first-order valence-electron chi connectivity index (χ1n) is 6.47. The number of benzene rings is 2. The lowest BCUT2D eigenvalue weighted by atomic mass is 10.2. The average molecular weight is 305 g/mol. The minimum absolute atomic E-state index is 0.470. The Morgan fingerprint density at radius 2 is 1.76 bits per heavy atom. The smallest absolute Gasteiger partial charge is 0.121 e. The van der Waals surface area contributed by atoms with Gasteiger partial charge >= 0.3 is 0 Å². The zero-order valence-electron chi connectivity index (χ0n) is 12.0. The summed E-state index contributed by atoms with van der Waals surface area (Å²) in [6, 6.07) is 13.3. The van der Waals surface area contributed by atoms with Crippen LogP contribution in [0.4, 0.5) is 0 Å². The summed E-state index contributed by atoms with van der Waals surface area (Å²) >= 11 is 6.08. The summed E-state index contributed by atoms with van der Waals surface area (Å²) in [4.78, 5) is 0. The summed E-state index contributed by atoms with van der Waals surface area (Å²) in [5.41, 5.74) is 1.99. The van der Waals surface area contributed by atoms with Crippen molar-refractivity contribution in [3.05, 3.63) is 64.9 Å². The third-order valence-electron chi connectivity index (χ3n) is 2.85. The van der Waals surface area contributed by atoms with E-state index < -0.39 is 0 Å². The van der Waals surface area contributed by atoms with Gasteiger partial charge in [0.15, 0.2) is 0 Å². The van der Waals surface area contributed by atoms with Crippen LogP contribution in [0, 0.1) is 0 Å². The molecule has 2 aromatic rings. The molecule has 0 saturated carbocycles. The normalized spacial score (nSPS) is 10.6. The van der Waals surface area contributed by atoms with E-state index in [0.717, 1.165) is 16.9 Å². The van der Waals surface area contributed by atoms with Crippen molar-refractivity contribution in [3.63, 3.8) is 0 Å². The van der Waals surface area contributed by atoms with E-state index >= 15 is 0 Å². The standard InChI is InChI=1S/C17H17ClO3/c1-19-8-7-14-9-15(18)11-17(10-14)21-12-13-3-5-16(20-2)6-4-13/h3-11H,12H2,1-2H3/b8-7+. The zero-order chi connectivity index (χ0) is 15.1. The molecule has 0 heterocycles. The lowest BCUT2D eigenvalue weighted by Gasteiger charge is -2.08. The van der Waals surface area contributed by atoms with Gasteiger partial charge in [0.25, 0.3) is 0 Å². The Kier molecular flexibility index (Phi) is 5.52. The molecule has 3 nitrogen and oxygen atoms in total. The van der Waals surface area contributed by atoms with Crippen LogP contribution in [-0.2, 0) is 11.3 Å². The van der Waals surface area contributed by atoms with Gasteiger partial charge in [0.1, 0.15) is 18.1 Å². The first-order valence-corrected chi connectivity index (χ1v) is 6.85. The topological polar surface area (TPSA) is 27.7 Å². The minimum Gasteiger partial charge on any atom is -0.504 e. The van der Waals surface area contributed by atoms with Gasteiger partial charge in [-0.05, 0) is 47.5 Å². The summed E-state index contributed by atoms with van der Waals surface area (Å²) in [5.74, 6) is 1.54. The van der Waals surface area contributed by atoms with Gasteiger partial charge in [-0.25, -0.2) is 0 Å². The highest BCUT2D eigenvalue weighted by molar-refractivity contribution is 6.30. The number of ether oxygens (including phenoxy) is 3. The van der Waals surface area contributed by atoms with Crippen molar-refractivity contribution >= 4 is 17.7 Å². The van der Waals surface area contributed by atoms with Crippen molar-refractivity contribution in [1.82, 2.24) is 0 Å². The van der Waals surface area contributed by atoms with Gasteiger partial charge in [0.2, 0.25) is 0 Å². The molecule has 2 rings (SSSR count). The fourth-order valence-electron chi connectivity index (χ4n) is 1.80. The predicted molar refractivity (Wildman–Crippen MR) is 84.8 cm³/mol. The van der Waals surface area contributed by atoms with E-state index in [-0.39, 0.29) is 0 Å². The van der Waals surface area contributed by atoms with Crippen LogP contribution < -0.4 is 9.47 Å². The van der Waals surface area contributed by atoms with Gasteiger partial charge in [-0.3, -0.25) is 0 Å². The van der Waals surface area contributed by atoms with Gasteiger partial charge in [0, 0.05) is 5.02 Å². The maximum Gasteiger partial charge on any atom is 0.121 e. The predicted octanol–water partition coefficient (Wildman–Crippen LogP) is 4.54. The molecule has 0 N–H and O–H groups in total. The highest BCUT2D eigenvalue weighted by Crippen LogP contribution is 2.23. The van der Waals surface area contributed by atoms with Gasteiger partial charge in [0.05, 0.1) is 20.5 Å². The van der Waals surface area contributed by atoms with Crippen molar-refractivity contribution in [2.75, 3.05) is 14.2 Å². The highest BCUT2D eigenvalue weighted by atomic mass is 35.5. The van der Waals surface area contributed by atoms with Crippen molar-refractivity contribution in [2.24, 2.45) is 0 Å². The SMILES string of the molecule is CO/C=C/c1cc(Cl)cc(OCc2ccc(OC)cc2)c1. The van der Waals surface area contributed by atoms with E-state index in [0.29, 0.717) is 17.4 Å². The molecule has 2 aromatic carbocycles.